The van der Waals surface area contributed by atoms with Crippen molar-refractivity contribution in [3.05, 3.63) is 12.2 Å². The maximum atomic E-state index is 4.26. The van der Waals surface area contributed by atoms with Crippen molar-refractivity contribution >= 4 is 0 Å². The van der Waals surface area contributed by atoms with E-state index in [-0.39, 0.29) is 0 Å². The topological polar surface area (TPSA) is 0 Å². The second kappa shape index (κ2) is 4.30. The third kappa shape index (κ3) is 2.86. The molecule has 0 nitrogen and oxygen atoms in total. The predicted molar refractivity (Wildman–Crippen MR) is 59.6 cm³/mol. The number of rotatable bonds is 4. The first-order valence-electron chi connectivity index (χ1n) is 5.69. The van der Waals surface area contributed by atoms with Crippen molar-refractivity contribution in [1.82, 2.24) is 0 Å². The standard InChI is InChI=1S/C13H24/c1-9(2)6-11(4)12(5)13-7-10(3)8-13/h9-11,13H,5-8H2,1-4H3. The van der Waals surface area contributed by atoms with Gasteiger partial charge in [0, 0.05) is 0 Å². The van der Waals surface area contributed by atoms with Crippen molar-refractivity contribution in [3.63, 3.8) is 0 Å². The summed E-state index contributed by atoms with van der Waals surface area (Å²) in [6.07, 6.45) is 4.09. The van der Waals surface area contributed by atoms with Gasteiger partial charge >= 0.3 is 0 Å². The van der Waals surface area contributed by atoms with Crippen molar-refractivity contribution in [2.24, 2.45) is 23.7 Å². The van der Waals surface area contributed by atoms with Crippen LogP contribution in [0.3, 0.4) is 0 Å². The molecular weight excluding hydrogens is 156 g/mol. The lowest BCUT2D eigenvalue weighted by atomic mass is 9.69. The van der Waals surface area contributed by atoms with Gasteiger partial charge in [-0.2, -0.15) is 0 Å². The van der Waals surface area contributed by atoms with Gasteiger partial charge in [0.15, 0.2) is 0 Å². The zero-order valence-corrected chi connectivity index (χ0v) is 9.64. The smallest absolute Gasteiger partial charge is 0.0198 e. The Labute approximate surface area is 83.4 Å². The summed E-state index contributed by atoms with van der Waals surface area (Å²) in [6, 6.07) is 0. The van der Waals surface area contributed by atoms with Gasteiger partial charge in [-0.25, -0.2) is 0 Å². The Morgan fingerprint density at radius 2 is 1.85 bits per heavy atom. The highest BCUT2D eigenvalue weighted by atomic mass is 14.3. The first-order valence-corrected chi connectivity index (χ1v) is 5.69. The predicted octanol–water partition coefficient (Wildman–Crippen LogP) is 4.27. The molecule has 0 N–H and O–H groups in total. The zero-order chi connectivity index (χ0) is 10.0. The molecule has 0 heterocycles. The Kier molecular flexibility index (Phi) is 3.58. The van der Waals surface area contributed by atoms with Crippen LogP contribution in [0, 0.1) is 23.7 Å². The molecule has 0 aromatic heterocycles. The molecule has 1 fully saturated rings. The van der Waals surface area contributed by atoms with Crippen LogP contribution in [0.25, 0.3) is 0 Å². The highest BCUT2D eigenvalue weighted by Gasteiger charge is 2.29. The van der Waals surface area contributed by atoms with Gasteiger partial charge < -0.3 is 0 Å². The van der Waals surface area contributed by atoms with Crippen LogP contribution in [0.2, 0.25) is 0 Å². The summed E-state index contributed by atoms with van der Waals surface area (Å²) in [5.41, 5.74) is 1.52. The Hall–Kier alpha value is -0.260. The molecule has 1 saturated carbocycles. The van der Waals surface area contributed by atoms with Gasteiger partial charge in [0.2, 0.25) is 0 Å². The van der Waals surface area contributed by atoms with Crippen molar-refractivity contribution in [2.45, 2.75) is 47.0 Å². The van der Waals surface area contributed by atoms with Gasteiger partial charge in [-0.1, -0.05) is 39.8 Å². The third-order valence-electron chi connectivity index (χ3n) is 3.36. The van der Waals surface area contributed by atoms with Crippen molar-refractivity contribution < 1.29 is 0 Å². The Morgan fingerprint density at radius 1 is 1.31 bits per heavy atom. The molecule has 0 aromatic rings. The quantitative estimate of drug-likeness (QED) is 0.567. The van der Waals surface area contributed by atoms with E-state index in [1.54, 1.807) is 0 Å². The lowest BCUT2D eigenvalue weighted by molar-refractivity contribution is 0.231. The second-order valence-electron chi connectivity index (χ2n) is 5.38. The van der Waals surface area contributed by atoms with Crippen LogP contribution in [-0.2, 0) is 0 Å². The highest BCUT2D eigenvalue weighted by Crippen LogP contribution is 2.41. The SMILES string of the molecule is C=C(C(C)CC(C)C)C1CC(C)C1. The number of allylic oxidation sites excluding steroid dienone is 1. The number of hydrogen-bond donors (Lipinski definition) is 0. The van der Waals surface area contributed by atoms with E-state index in [2.05, 4.69) is 34.3 Å². The van der Waals surface area contributed by atoms with Gasteiger partial charge in [-0.15, -0.1) is 0 Å². The van der Waals surface area contributed by atoms with Crippen molar-refractivity contribution in [3.8, 4) is 0 Å². The molecule has 0 amide bonds. The van der Waals surface area contributed by atoms with Crippen LogP contribution in [0.15, 0.2) is 12.2 Å². The summed E-state index contributed by atoms with van der Waals surface area (Å²) >= 11 is 0. The van der Waals surface area contributed by atoms with E-state index in [1.165, 1.54) is 24.8 Å². The van der Waals surface area contributed by atoms with Crippen LogP contribution in [0.5, 0.6) is 0 Å². The Morgan fingerprint density at radius 3 is 2.23 bits per heavy atom. The lowest BCUT2D eigenvalue weighted by Gasteiger charge is -2.37. The van der Waals surface area contributed by atoms with Crippen LogP contribution >= 0.6 is 0 Å². The Bertz CT molecular complexity index is 172. The van der Waals surface area contributed by atoms with Crippen LogP contribution in [0.4, 0.5) is 0 Å². The van der Waals surface area contributed by atoms with E-state index in [0.717, 1.165) is 23.7 Å². The van der Waals surface area contributed by atoms with E-state index in [0.29, 0.717) is 0 Å². The van der Waals surface area contributed by atoms with E-state index in [1.807, 2.05) is 0 Å². The molecule has 0 bridgehead atoms. The fourth-order valence-electron chi connectivity index (χ4n) is 2.47. The van der Waals surface area contributed by atoms with E-state index >= 15 is 0 Å². The first kappa shape index (κ1) is 10.8. The molecule has 13 heavy (non-hydrogen) atoms. The summed E-state index contributed by atoms with van der Waals surface area (Å²) in [4.78, 5) is 0. The van der Waals surface area contributed by atoms with E-state index < -0.39 is 0 Å². The third-order valence-corrected chi connectivity index (χ3v) is 3.36. The van der Waals surface area contributed by atoms with Gasteiger partial charge in [0.05, 0.1) is 0 Å². The summed E-state index contributed by atoms with van der Waals surface area (Å²) in [7, 11) is 0. The fourth-order valence-corrected chi connectivity index (χ4v) is 2.47. The molecule has 0 aromatic carbocycles. The Balaban J connectivity index is 2.30. The maximum absolute atomic E-state index is 4.26. The summed E-state index contributed by atoms with van der Waals surface area (Å²) in [6.45, 7) is 13.5. The minimum absolute atomic E-state index is 0.734. The highest BCUT2D eigenvalue weighted by molar-refractivity contribution is 5.09. The molecule has 0 saturated heterocycles. The van der Waals surface area contributed by atoms with Gasteiger partial charge in [0.25, 0.3) is 0 Å². The normalized spacial score (nSPS) is 29.9. The molecule has 0 aliphatic heterocycles. The monoisotopic (exact) mass is 180 g/mol. The van der Waals surface area contributed by atoms with Gasteiger partial charge in [-0.3, -0.25) is 0 Å². The van der Waals surface area contributed by atoms with Crippen LogP contribution < -0.4 is 0 Å². The molecule has 1 aliphatic rings. The molecule has 1 rings (SSSR count). The van der Waals surface area contributed by atoms with Crippen molar-refractivity contribution in [1.29, 1.82) is 0 Å². The molecule has 1 unspecified atom stereocenters. The largest absolute Gasteiger partial charge is 0.0993 e. The summed E-state index contributed by atoms with van der Waals surface area (Å²) in [5, 5.41) is 0. The zero-order valence-electron chi connectivity index (χ0n) is 9.64. The first-order chi connectivity index (χ1) is 6.00. The molecule has 0 radical (unpaired) electrons. The molecule has 76 valence electrons. The van der Waals surface area contributed by atoms with E-state index in [4.69, 9.17) is 0 Å². The van der Waals surface area contributed by atoms with Crippen molar-refractivity contribution in [2.75, 3.05) is 0 Å². The average molecular weight is 180 g/mol. The molecular formula is C13H24. The van der Waals surface area contributed by atoms with E-state index in [9.17, 15) is 0 Å². The molecule has 0 heteroatoms. The summed E-state index contributed by atoms with van der Waals surface area (Å²) < 4.78 is 0. The lowest BCUT2D eigenvalue weighted by Crippen LogP contribution is -2.25. The molecule has 1 atom stereocenters. The molecule has 0 spiro atoms. The minimum Gasteiger partial charge on any atom is -0.0993 e. The maximum Gasteiger partial charge on any atom is -0.0198 e. The fraction of sp³-hybridized carbons (Fsp3) is 0.846. The average Bonchev–Trinajstić information content (AvgIpc) is 1.96. The minimum atomic E-state index is 0.734. The summed E-state index contributed by atoms with van der Waals surface area (Å²) in [5.74, 6) is 3.35. The van der Waals surface area contributed by atoms with Crippen LogP contribution in [0.1, 0.15) is 47.0 Å². The molecule has 1 aliphatic carbocycles. The van der Waals surface area contributed by atoms with Gasteiger partial charge in [-0.05, 0) is 42.9 Å². The van der Waals surface area contributed by atoms with Crippen LogP contribution in [-0.4, -0.2) is 0 Å². The number of hydrogen-bond acceptors (Lipinski definition) is 0. The van der Waals surface area contributed by atoms with Gasteiger partial charge in [0.1, 0.15) is 0 Å². The second-order valence-corrected chi connectivity index (χ2v) is 5.38.